The molecule has 1 atom stereocenters. The minimum Gasteiger partial charge on any atom is -0.481 e. The summed E-state index contributed by atoms with van der Waals surface area (Å²) >= 11 is 0. The summed E-state index contributed by atoms with van der Waals surface area (Å²) in [6.07, 6.45) is 4.94. The maximum atomic E-state index is 12.4. The fraction of sp³-hybridized carbons (Fsp3) is 0.500. The van der Waals surface area contributed by atoms with Crippen LogP contribution in [0.25, 0.3) is 0 Å². The van der Waals surface area contributed by atoms with Gasteiger partial charge >= 0.3 is 5.97 Å². The number of nitrogens with zero attached hydrogens (tertiary/aromatic N) is 2. The van der Waals surface area contributed by atoms with Crippen LogP contribution in [-0.2, 0) is 9.53 Å². The lowest BCUT2D eigenvalue weighted by Gasteiger charge is -2.25. The number of ether oxygens (including phenoxy) is 1. The van der Waals surface area contributed by atoms with Crippen molar-refractivity contribution in [3.63, 3.8) is 0 Å². The average Bonchev–Trinajstić information content (AvgIpc) is 2.96. The molecule has 2 heterocycles. The minimum atomic E-state index is -0.912. The summed E-state index contributed by atoms with van der Waals surface area (Å²) in [5, 5.41) is 8.80. The molecule has 0 bridgehead atoms. The van der Waals surface area contributed by atoms with E-state index in [0.29, 0.717) is 18.7 Å². The van der Waals surface area contributed by atoms with Crippen molar-refractivity contribution in [1.29, 1.82) is 0 Å². The van der Waals surface area contributed by atoms with Crippen molar-refractivity contribution in [2.75, 3.05) is 19.7 Å². The number of pyridine rings is 1. The van der Waals surface area contributed by atoms with Crippen LogP contribution >= 0.6 is 0 Å². The highest BCUT2D eigenvalue weighted by molar-refractivity contribution is 5.94. The zero-order valence-corrected chi connectivity index (χ0v) is 11.2. The quantitative estimate of drug-likeness (QED) is 0.845. The van der Waals surface area contributed by atoms with Gasteiger partial charge in [-0.25, -0.2) is 0 Å². The first kappa shape index (κ1) is 14.5. The van der Waals surface area contributed by atoms with Crippen molar-refractivity contribution in [2.24, 2.45) is 0 Å². The zero-order valence-electron chi connectivity index (χ0n) is 11.2. The van der Waals surface area contributed by atoms with Gasteiger partial charge in [-0.05, 0) is 25.0 Å². The Morgan fingerprint density at radius 3 is 2.75 bits per heavy atom. The van der Waals surface area contributed by atoms with Gasteiger partial charge in [-0.1, -0.05) is 0 Å². The normalized spacial score (nSPS) is 17.9. The van der Waals surface area contributed by atoms with Gasteiger partial charge in [0.2, 0.25) is 0 Å². The summed E-state index contributed by atoms with van der Waals surface area (Å²) in [5.74, 6) is -1.09. The van der Waals surface area contributed by atoms with E-state index < -0.39 is 5.97 Å². The molecule has 0 radical (unpaired) electrons. The molecule has 6 heteroatoms. The van der Waals surface area contributed by atoms with E-state index in [4.69, 9.17) is 9.84 Å². The highest BCUT2D eigenvalue weighted by Crippen LogP contribution is 2.15. The second-order valence-corrected chi connectivity index (χ2v) is 4.77. The van der Waals surface area contributed by atoms with Crippen molar-refractivity contribution in [1.82, 2.24) is 9.88 Å². The maximum absolute atomic E-state index is 12.4. The molecular formula is C14H18N2O4. The number of rotatable bonds is 6. The summed E-state index contributed by atoms with van der Waals surface area (Å²) in [4.78, 5) is 28.5. The molecule has 2 rings (SSSR count). The van der Waals surface area contributed by atoms with E-state index >= 15 is 0 Å². The third-order valence-corrected chi connectivity index (χ3v) is 3.26. The predicted octanol–water partition coefficient (Wildman–Crippen LogP) is 1.18. The maximum Gasteiger partial charge on any atom is 0.305 e. The lowest BCUT2D eigenvalue weighted by atomic mass is 10.2. The van der Waals surface area contributed by atoms with Gasteiger partial charge in [-0.3, -0.25) is 14.6 Å². The second-order valence-electron chi connectivity index (χ2n) is 4.77. The number of hydrogen-bond acceptors (Lipinski definition) is 4. The summed E-state index contributed by atoms with van der Waals surface area (Å²) in [6.45, 7) is 1.34. The van der Waals surface area contributed by atoms with E-state index in [9.17, 15) is 9.59 Å². The Morgan fingerprint density at radius 2 is 2.15 bits per heavy atom. The Hall–Kier alpha value is -1.95. The van der Waals surface area contributed by atoms with Crippen LogP contribution in [0.2, 0.25) is 0 Å². The van der Waals surface area contributed by atoms with Gasteiger partial charge in [0.05, 0.1) is 12.5 Å². The van der Waals surface area contributed by atoms with Crippen molar-refractivity contribution >= 4 is 11.9 Å². The summed E-state index contributed by atoms with van der Waals surface area (Å²) < 4.78 is 5.52. The lowest BCUT2D eigenvalue weighted by molar-refractivity contribution is -0.137. The fourth-order valence-corrected chi connectivity index (χ4v) is 2.22. The highest BCUT2D eigenvalue weighted by Gasteiger charge is 2.23. The molecule has 1 unspecified atom stereocenters. The Kier molecular flexibility index (Phi) is 5.06. The number of carbonyl (C=O) groups excluding carboxylic acids is 1. The van der Waals surface area contributed by atoms with Gasteiger partial charge in [0.1, 0.15) is 0 Å². The van der Waals surface area contributed by atoms with Gasteiger partial charge in [0.15, 0.2) is 0 Å². The Labute approximate surface area is 117 Å². The third-order valence-electron chi connectivity index (χ3n) is 3.26. The third kappa shape index (κ3) is 4.03. The molecule has 1 aliphatic rings. The fourth-order valence-electron chi connectivity index (χ4n) is 2.22. The van der Waals surface area contributed by atoms with Crippen LogP contribution in [0.1, 0.15) is 29.6 Å². The van der Waals surface area contributed by atoms with Crippen molar-refractivity contribution in [3.05, 3.63) is 30.1 Å². The van der Waals surface area contributed by atoms with Crippen LogP contribution in [0.15, 0.2) is 24.5 Å². The van der Waals surface area contributed by atoms with Crippen LogP contribution in [0.3, 0.4) is 0 Å². The van der Waals surface area contributed by atoms with Crippen LogP contribution in [0.5, 0.6) is 0 Å². The molecule has 0 saturated carbocycles. The molecule has 1 saturated heterocycles. The standard InChI is InChI=1S/C14H18N2O4/c17-13(18)5-8-16(10-12-2-1-9-20-12)14(19)11-3-6-15-7-4-11/h3-4,6-7,12H,1-2,5,8-10H2,(H,17,18). The highest BCUT2D eigenvalue weighted by atomic mass is 16.5. The molecule has 1 aromatic heterocycles. The molecule has 20 heavy (non-hydrogen) atoms. The predicted molar refractivity (Wildman–Crippen MR) is 71.4 cm³/mol. The molecule has 108 valence electrons. The smallest absolute Gasteiger partial charge is 0.305 e. The monoisotopic (exact) mass is 278 g/mol. The van der Waals surface area contributed by atoms with E-state index in [1.54, 1.807) is 29.4 Å². The van der Waals surface area contributed by atoms with E-state index in [2.05, 4.69) is 4.98 Å². The molecule has 0 aliphatic carbocycles. The number of carboxylic acid groups (broad SMARTS) is 1. The number of amides is 1. The number of carboxylic acids is 1. The zero-order chi connectivity index (χ0) is 14.4. The molecule has 1 N–H and O–H groups in total. The van der Waals surface area contributed by atoms with Crippen molar-refractivity contribution in [2.45, 2.75) is 25.4 Å². The van der Waals surface area contributed by atoms with Crippen molar-refractivity contribution in [3.8, 4) is 0 Å². The Bertz CT molecular complexity index is 458. The van der Waals surface area contributed by atoms with Gasteiger partial charge in [-0.15, -0.1) is 0 Å². The first-order valence-corrected chi connectivity index (χ1v) is 6.69. The first-order chi connectivity index (χ1) is 9.66. The first-order valence-electron chi connectivity index (χ1n) is 6.69. The summed E-state index contributed by atoms with van der Waals surface area (Å²) in [7, 11) is 0. The van der Waals surface area contributed by atoms with Gasteiger partial charge in [0, 0.05) is 37.7 Å². The molecule has 1 fully saturated rings. The van der Waals surface area contributed by atoms with E-state index in [1.165, 1.54) is 0 Å². The van der Waals surface area contributed by atoms with E-state index in [1.807, 2.05) is 0 Å². The Morgan fingerprint density at radius 1 is 1.40 bits per heavy atom. The summed E-state index contributed by atoms with van der Waals surface area (Å²) in [5.41, 5.74) is 0.517. The van der Waals surface area contributed by atoms with Gasteiger partial charge in [0.25, 0.3) is 5.91 Å². The molecule has 1 aliphatic heterocycles. The lowest BCUT2D eigenvalue weighted by Crippen LogP contribution is -2.38. The average molecular weight is 278 g/mol. The molecule has 0 aromatic carbocycles. The number of aromatic nitrogens is 1. The largest absolute Gasteiger partial charge is 0.481 e. The van der Waals surface area contributed by atoms with Crippen LogP contribution in [0.4, 0.5) is 0 Å². The van der Waals surface area contributed by atoms with Gasteiger partial charge < -0.3 is 14.7 Å². The second kappa shape index (κ2) is 7.00. The number of hydrogen-bond donors (Lipinski definition) is 1. The Balaban J connectivity index is 2.03. The molecule has 0 spiro atoms. The van der Waals surface area contributed by atoms with Crippen LogP contribution < -0.4 is 0 Å². The molecule has 1 aromatic rings. The van der Waals surface area contributed by atoms with Crippen molar-refractivity contribution < 1.29 is 19.4 Å². The molecule has 6 nitrogen and oxygen atoms in total. The molecule has 1 amide bonds. The minimum absolute atomic E-state index is 0.00887. The van der Waals surface area contributed by atoms with E-state index in [-0.39, 0.29) is 25.0 Å². The SMILES string of the molecule is O=C(O)CCN(CC1CCCO1)C(=O)c1ccncc1. The topological polar surface area (TPSA) is 79.7 Å². The number of aliphatic carboxylic acids is 1. The molecular weight excluding hydrogens is 260 g/mol. The number of carbonyl (C=O) groups is 2. The van der Waals surface area contributed by atoms with Gasteiger partial charge in [-0.2, -0.15) is 0 Å². The van der Waals surface area contributed by atoms with Crippen LogP contribution in [0, 0.1) is 0 Å². The summed E-state index contributed by atoms with van der Waals surface area (Å²) in [6, 6.07) is 3.26. The van der Waals surface area contributed by atoms with Crippen LogP contribution in [-0.4, -0.2) is 52.7 Å². The van der Waals surface area contributed by atoms with E-state index in [0.717, 1.165) is 12.8 Å².